The molecule has 1 amide bonds. The zero-order valence-electron chi connectivity index (χ0n) is 15.4. The third kappa shape index (κ3) is 5.10. The molecule has 0 atom stereocenters. The maximum atomic E-state index is 12.3. The first-order chi connectivity index (χ1) is 13.1. The maximum absolute atomic E-state index is 12.3. The molecule has 0 radical (unpaired) electrons. The second-order valence-electron chi connectivity index (χ2n) is 6.04. The van der Waals surface area contributed by atoms with Gasteiger partial charge < -0.3 is 19.3 Å². The van der Waals surface area contributed by atoms with E-state index in [9.17, 15) is 4.79 Å². The molecule has 0 aliphatic heterocycles. The highest BCUT2D eigenvalue weighted by Crippen LogP contribution is 2.18. The number of aryl methyl sites for hydroxylation is 2. The molecular formula is C21H22N2O4. The van der Waals surface area contributed by atoms with Gasteiger partial charge in [-0.05, 0) is 44.2 Å². The molecule has 0 aliphatic rings. The van der Waals surface area contributed by atoms with Crippen LogP contribution in [-0.4, -0.2) is 24.2 Å². The van der Waals surface area contributed by atoms with E-state index in [1.54, 1.807) is 18.2 Å². The molecule has 0 bridgehead atoms. The molecule has 1 heterocycles. The van der Waals surface area contributed by atoms with Crippen LogP contribution in [0.5, 0.6) is 11.5 Å². The van der Waals surface area contributed by atoms with Gasteiger partial charge in [0, 0.05) is 5.56 Å². The lowest BCUT2D eigenvalue weighted by Crippen LogP contribution is -2.28. The average molecular weight is 366 g/mol. The third-order valence-corrected chi connectivity index (χ3v) is 4.06. The summed E-state index contributed by atoms with van der Waals surface area (Å²) in [5, 5.41) is 6.75. The first kappa shape index (κ1) is 18.5. The van der Waals surface area contributed by atoms with Crippen molar-refractivity contribution in [2.75, 3.05) is 13.2 Å². The van der Waals surface area contributed by atoms with Crippen LogP contribution in [0.25, 0.3) is 0 Å². The first-order valence-electron chi connectivity index (χ1n) is 8.74. The molecule has 0 saturated heterocycles. The Morgan fingerprint density at radius 1 is 1.04 bits per heavy atom. The van der Waals surface area contributed by atoms with Gasteiger partial charge in [0.1, 0.15) is 30.5 Å². The molecule has 2 aromatic carbocycles. The Labute approximate surface area is 158 Å². The number of rotatable bonds is 8. The molecule has 0 spiro atoms. The molecule has 0 aliphatic carbocycles. The number of ether oxygens (including phenoxy) is 2. The second-order valence-corrected chi connectivity index (χ2v) is 6.04. The van der Waals surface area contributed by atoms with Crippen LogP contribution in [0.4, 0.5) is 0 Å². The van der Waals surface area contributed by atoms with Crippen LogP contribution in [0.2, 0.25) is 0 Å². The van der Waals surface area contributed by atoms with Crippen molar-refractivity contribution in [3.63, 3.8) is 0 Å². The highest BCUT2D eigenvalue weighted by Gasteiger charge is 2.11. The molecular weight excluding hydrogens is 344 g/mol. The van der Waals surface area contributed by atoms with Crippen LogP contribution in [0.1, 0.15) is 27.4 Å². The van der Waals surface area contributed by atoms with Gasteiger partial charge in [0.25, 0.3) is 5.91 Å². The van der Waals surface area contributed by atoms with Crippen molar-refractivity contribution < 1.29 is 18.8 Å². The molecule has 1 aromatic heterocycles. The van der Waals surface area contributed by atoms with E-state index in [2.05, 4.69) is 10.5 Å². The number of nitrogens with zero attached hydrogens (tertiary/aromatic N) is 1. The number of carbonyl (C=O) groups excluding carboxylic acids is 1. The zero-order valence-corrected chi connectivity index (χ0v) is 15.4. The number of benzene rings is 2. The Bertz CT molecular complexity index is 871. The highest BCUT2D eigenvalue weighted by molar-refractivity contribution is 5.94. The number of aromatic nitrogens is 1. The molecule has 1 N–H and O–H groups in total. The number of nitrogens with one attached hydrogen (secondary N) is 1. The Morgan fingerprint density at radius 2 is 1.81 bits per heavy atom. The van der Waals surface area contributed by atoms with Gasteiger partial charge in [-0.1, -0.05) is 29.4 Å². The lowest BCUT2D eigenvalue weighted by Gasteiger charge is -2.09. The summed E-state index contributed by atoms with van der Waals surface area (Å²) in [4.78, 5) is 12.3. The van der Waals surface area contributed by atoms with Crippen LogP contribution >= 0.6 is 0 Å². The Hall–Kier alpha value is -3.28. The fourth-order valence-corrected chi connectivity index (χ4v) is 2.54. The molecule has 0 fully saturated rings. The summed E-state index contributed by atoms with van der Waals surface area (Å²) in [6.45, 7) is 4.88. The van der Waals surface area contributed by atoms with E-state index in [0.29, 0.717) is 31.1 Å². The summed E-state index contributed by atoms with van der Waals surface area (Å²) in [6, 6.07) is 16.6. The van der Waals surface area contributed by atoms with Gasteiger partial charge in [0.15, 0.2) is 0 Å². The van der Waals surface area contributed by atoms with Crippen molar-refractivity contribution in [2.45, 2.75) is 20.5 Å². The van der Waals surface area contributed by atoms with Gasteiger partial charge in [-0.2, -0.15) is 0 Å². The normalized spacial score (nSPS) is 10.4. The van der Waals surface area contributed by atoms with Crippen LogP contribution in [0, 0.1) is 13.8 Å². The van der Waals surface area contributed by atoms with Crippen molar-refractivity contribution in [1.82, 2.24) is 10.5 Å². The summed E-state index contributed by atoms with van der Waals surface area (Å²) in [7, 11) is 0. The van der Waals surface area contributed by atoms with Crippen molar-refractivity contribution in [1.29, 1.82) is 0 Å². The van der Waals surface area contributed by atoms with E-state index < -0.39 is 0 Å². The van der Waals surface area contributed by atoms with Crippen LogP contribution in [0.15, 0.2) is 59.1 Å². The van der Waals surface area contributed by atoms with Crippen molar-refractivity contribution in [3.05, 3.63) is 77.2 Å². The van der Waals surface area contributed by atoms with Crippen molar-refractivity contribution in [2.24, 2.45) is 0 Å². The number of hydrogen-bond acceptors (Lipinski definition) is 5. The number of hydrogen-bond donors (Lipinski definition) is 1. The van der Waals surface area contributed by atoms with Crippen LogP contribution in [-0.2, 0) is 6.61 Å². The number of carbonyl (C=O) groups is 1. The molecule has 3 rings (SSSR count). The van der Waals surface area contributed by atoms with Gasteiger partial charge in [-0.3, -0.25) is 4.79 Å². The smallest absolute Gasteiger partial charge is 0.251 e. The van der Waals surface area contributed by atoms with Crippen LogP contribution < -0.4 is 14.8 Å². The molecule has 0 unspecified atom stereocenters. The molecule has 6 heteroatoms. The molecule has 0 saturated carbocycles. The number of amides is 1. The fourth-order valence-electron chi connectivity index (χ4n) is 2.54. The highest BCUT2D eigenvalue weighted by atomic mass is 16.5. The average Bonchev–Trinajstić information content (AvgIpc) is 3.02. The van der Waals surface area contributed by atoms with Gasteiger partial charge in [0.2, 0.25) is 0 Å². The molecule has 27 heavy (non-hydrogen) atoms. The molecule has 140 valence electrons. The Morgan fingerprint density at radius 3 is 2.56 bits per heavy atom. The van der Waals surface area contributed by atoms with Gasteiger partial charge in [-0.15, -0.1) is 0 Å². The largest absolute Gasteiger partial charge is 0.492 e. The van der Waals surface area contributed by atoms with Gasteiger partial charge >= 0.3 is 0 Å². The minimum absolute atomic E-state index is 0.172. The Balaban J connectivity index is 1.49. The van der Waals surface area contributed by atoms with Gasteiger partial charge in [-0.25, -0.2) is 0 Å². The molecule has 6 nitrogen and oxygen atoms in total. The first-order valence-corrected chi connectivity index (χ1v) is 8.74. The maximum Gasteiger partial charge on any atom is 0.251 e. The van der Waals surface area contributed by atoms with Crippen molar-refractivity contribution in [3.8, 4) is 11.5 Å². The second kappa shape index (κ2) is 8.89. The quantitative estimate of drug-likeness (QED) is 0.616. The third-order valence-electron chi connectivity index (χ3n) is 4.06. The van der Waals surface area contributed by atoms with Crippen molar-refractivity contribution >= 4 is 5.91 Å². The zero-order chi connectivity index (χ0) is 19.1. The van der Waals surface area contributed by atoms with Gasteiger partial charge in [0.05, 0.1) is 17.8 Å². The summed E-state index contributed by atoms with van der Waals surface area (Å²) in [6.07, 6.45) is 0. The van der Waals surface area contributed by atoms with E-state index in [-0.39, 0.29) is 5.91 Å². The van der Waals surface area contributed by atoms with E-state index in [1.165, 1.54) is 0 Å². The van der Waals surface area contributed by atoms with E-state index in [0.717, 1.165) is 22.8 Å². The minimum Gasteiger partial charge on any atom is -0.492 e. The lowest BCUT2D eigenvalue weighted by atomic mass is 10.2. The fraction of sp³-hybridized carbons (Fsp3) is 0.238. The summed E-state index contributed by atoms with van der Waals surface area (Å²) >= 11 is 0. The summed E-state index contributed by atoms with van der Waals surface area (Å²) in [5.74, 6) is 1.96. The van der Waals surface area contributed by atoms with E-state index in [4.69, 9.17) is 14.0 Å². The summed E-state index contributed by atoms with van der Waals surface area (Å²) < 4.78 is 16.5. The minimum atomic E-state index is -0.172. The van der Waals surface area contributed by atoms with E-state index >= 15 is 0 Å². The topological polar surface area (TPSA) is 73.6 Å². The SMILES string of the molecule is Cc1noc(C)c1COc1cccc(C(=O)NCCOc2ccccc2)c1. The predicted molar refractivity (Wildman–Crippen MR) is 101 cm³/mol. The lowest BCUT2D eigenvalue weighted by molar-refractivity contribution is 0.0946. The predicted octanol–water partition coefficient (Wildman–Crippen LogP) is 3.68. The Kier molecular flexibility index (Phi) is 6.10. The molecule has 3 aromatic rings. The van der Waals surface area contributed by atoms with E-state index in [1.807, 2.05) is 50.2 Å². The standard InChI is InChI=1S/C21H22N2O4/c1-15-20(16(2)27-23-15)14-26-19-10-6-7-17(13-19)21(24)22-11-12-25-18-8-4-3-5-9-18/h3-10,13H,11-12,14H2,1-2H3,(H,22,24). The number of para-hydroxylation sites is 1. The van der Waals surface area contributed by atoms with Crippen LogP contribution in [0.3, 0.4) is 0 Å². The monoisotopic (exact) mass is 366 g/mol. The summed E-state index contributed by atoms with van der Waals surface area (Å²) in [5.41, 5.74) is 2.26.